The molecule has 1 aliphatic carbocycles. The molecule has 1 rings (SSSR count). The summed E-state index contributed by atoms with van der Waals surface area (Å²) in [5.74, 6) is -0.739. The van der Waals surface area contributed by atoms with Crippen molar-refractivity contribution in [3.63, 3.8) is 0 Å². The van der Waals surface area contributed by atoms with Crippen molar-refractivity contribution < 1.29 is 30.3 Å². The van der Waals surface area contributed by atoms with Gasteiger partial charge in [-0.15, -0.1) is 0 Å². The Bertz CT molecular complexity index is 739. The van der Waals surface area contributed by atoms with Crippen molar-refractivity contribution in [3.05, 3.63) is 36.5 Å². The molecule has 1 aliphatic rings. The minimum absolute atomic E-state index is 0.0907. The second-order valence-electron chi connectivity index (χ2n) is 11.9. The van der Waals surface area contributed by atoms with Gasteiger partial charge in [0, 0.05) is 18.8 Å². The Morgan fingerprint density at radius 1 is 0.829 bits per heavy atom. The van der Waals surface area contributed by atoms with Gasteiger partial charge in [0.1, 0.15) is 0 Å². The summed E-state index contributed by atoms with van der Waals surface area (Å²) in [5.41, 5.74) is 0. The fourth-order valence-electron chi connectivity index (χ4n) is 5.55. The zero-order valence-electron chi connectivity index (χ0n) is 25.9. The summed E-state index contributed by atoms with van der Waals surface area (Å²) in [6.45, 7) is 3.99. The molecule has 0 radical (unpaired) electrons. The highest BCUT2D eigenvalue weighted by atomic mass is 16.3. The highest BCUT2D eigenvalue weighted by Gasteiger charge is 2.39. The number of unbranched alkanes of at least 4 members (excludes halogenated alkanes) is 11. The van der Waals surface area contributed by atoms with Gasteiger partial charge in [0.2, 0.25) is 5.91 Å². The van der Waals surface area contributed by atoms with E-state index in [1.54, 1.807) is 18.2 Å². The van der Waals surface area contributed by atoms with Crippen molar-refractivity contribution in [1.82, 2.24) is 5.32 Å². The molecule has 1 saturated carbocycles. The maximum Gasteiger partial charge on any atom is 0.224 e. The van der Waals surface area contributed by atoms with Crippen LogP contribution >= 0.6 is 0 Å². The molecular weight excluding hydrogens is 518 g/mol. The predicted molar refractivity (Wildman–Crippen MR) is 167 cm³/mol. The van der Waals surface area contributed by atoms with Gasteiger partial charge in [-0.3, -0.25) is 4.79 Å². The largest absolute Gasteiger partial charge is 0.394 e. The third kappa shape index (κ3) is 17.3. The van der Waals surface area contributed by atoms with Gasteiger partial charge in [-0.1, -0.05) is 121 Å². The average Bonchev–Trinajstić information content (AvgIpc) is 3.22. The number of hydrogen-bond acceptors (Lipinski definition) is 6. The smallest absolute Gasteiger partial charge is 0.224 e. The van der Waals surface area contributed by atoms with E-state index in [1.807, 2.05) is 18.2 Å². The first-order chi connectivity index (χ1) is 19.8. The average molecular weight is 580 g/mol. The summed E-state index contributed by atoms with van der Waals surface area (Å²) in [5, 5.41) is 53.8. The Kier molecular flexibility index (Phi) is 21.9. The lowest BCUT2D eigenvalue weighted by Gasteiger charge is -2.20. The molecule has 0 heterocycles. The molecule has 0 unspecified atom stereocenters. The Hall–Kier alpha value is -1.51. The lowest BCUT2D eigenvalue weighted by molar-refractivity contribution is -0.122. The Balaban J connectivity index is 2.36. The molecule has 0 spiro atoms. The normalized spacial score (nSPS) is 23.6. The minimum Gasteiger partial charge on any atom is -0.394 e. The fraction of sp³-hybridized carbons (Fsp3) is 0.794. The van der Waals surface area contributed by atoms with E-state index < -0.39 is 30.5 Å². The highest BCUT2D eigenvalue weighted by Crippen LogP contribution is 2.36. The number of allylic oxidation sites excluding steroid dienone is 2. The summed E-state index contributed by atoms with van der Waals surface area (Å²) in [6.07, 6.45) is 24.8. The van der Waals surface area contributed by atoms with Crippen LogP contribution in [0, 0.1) is 11.8 Å². The van der Waals surface area contributed by atoms with Crippen molar-refractivity contribution in [2.45, 2.75) is 153 Å². The van der Waals surface area contributed by atoms with Crippen molar-refractivity contribution in [2.24, 2.45) is 11.8 Å². The van der Waals surface area contributed by atoms with Crippen LogP contribution in [0.1, 0.15) is 123 Å². The summed E-state index contributed by atoms with van der Waals surface area (Å²) in [7, 11) is 0. The topological polar surface area (TPSA) is 130 Å². The molecule has 7 atom stereocenters. The maximum atomic E-state index is 12.4. The van der Waals surface area contributed by atoms with Crippen LogP contribution in [0.3, 0.4) is 0 Å². The van der Waals surface area contributed by atoms with Crippen molar-refractivity contribution in [3.8, 4) is 0 Å². The first-order valence-corrected chi connectivity index (χ1v) is 16.5. The first kappa shape index (κ1) is 37.5. The van der Waals surface area contributed by atoms with Crippen LogP contribution in [0.5, 0.6) is 0 Å². The van der Waals surface area contributed by atoms with Crippen LogP contribution in [0.2, 0.25) is 0 Å². The van der Waals surface area contributed by atoms with Crippen LogP contribution in [-0.4, -0.2) is 68.5 Å². The van der Waals surface area contributed by atoms with Crippen LogP contribution in [0.4, 0.5) is 0 Å². The van der Waals surface area contributed by atoms with Crippen LogP contribution in [0.25, 0.3) is 0 Å². The van der Waals surface area contributed by atoms with E-state index in [2.05, 4.69) is 19.2 Å². The van der Waals surface area contributed by atoms with Crippen LogP contribution in [0.15, 0.2) is 36.5 Å². The predicted octanol–water partition coefficient (Wildman–Crippen LogP) is 5.49. The van der Waals surface area contributed by atoms with Gasteiger partial charge in [0.15, 0.2) is 0 Å². The second-order valence-corrected chi connectivity index (χ2v) is 11.9. The van der Waals surface area contributed by atoms with E-state index in [0.717, 1.165) is 32.1 Å². The number of hydrogen-bond donors (Lipinski definition) is 6. The molecule has 0 aromatic rings. The van der Waals surface area contributed by atoms with E-state index >= 15 is 0 Å². The van der Waals surface area contributed by atoms with E-state index in [9.17, 15) is 30.3 Å². The van der Waals surface area contributed by atoms with Crippen molar-refractivity contribution >= 4 is 5.91 Å². The summed E-state index contributed by atoms with van der Waals surface area (Å²) < 4.78 is 0. The number of carbonyl (C=O) groups excluding carboxylic acids is 1. The van der Waals surface area contributed by atoms with E-state index in [4.69, 9.17) is 0 Å². The third-order valence-corrected chi connectivity index (χ3v) is 8.22. The molecule has 1 fully saturated rings. The molecule has 41 heavy (non-hydrogen) atoms. The Labute approximate surface area is 249 Å². The standard InChI is InChI=1S/C34H61NO6/c1-3-5-7-8-9-10-11-12-13-14-16-21-31(38)30(26-36)35-34(41)22-18-17-20-28-29(33(40)25-32(28)39)24-23-27(37)19-15-6-4-2/h16-18,21,23-24,27-33,36-40H,3-15,19-20,22,25-26H2,1-2H3,(H,35,41)/b18-17-,21-16+,24-23+/t27-,28+,29-,30+,31-,32+,33-/m1/s1. The second kappa shape index (κ2) is 24.0. The van der Waals surface area contributed by atoms with Gasteiger partial charge in [-0.2, -0.15) is 0 Å². The van der Waals surface area contributed by atoms with E-state index in [0.29, 0.717) is 19.3 Å². The van der Waals surface area contributed by atoms with E-state index in [-0.39, 0.29) is 30.8 Å². The summed E-state index contributed by atoms with van der Waals surface area (Å²) in [4.78, 5) is 12.4. The number of aliphatic hydroxyl groups excluding tert-OH is 5. The van der Waals surface area contributed by atoms with Crippen LogP contribution < -0.4 is 5.32 Å². The highest BCUT2D eigenvalue weighted by molar-refractivity contribution is 5.77. The molecule has 7 heteroatoms. The number of aliphatic hydroxyl groups is 5. The van der Waals surface area contributed by atoms with Gasteiger partial charge < -0.3 is 30.8 Å². The SMILES string of the molecule is CCCCCCCCCCC/C=C/[C@@H](O)[C@H](CO)NC(=O)C/C=C\C[C@H]1[C@@H](/C=C/[C@H](O)CCCCC)[C@H](O)C[C@@H]1O. The zero-order chi connectivity index (χ0) is 30.3. The van der Waals surface area contributed by atoms with Crippen molar-refractivity contribution in [1.29, 1.82) is 0 Å². The Morgan fingerprint density at radius 2 is 1.46 bits per heavy atom. The quantitative estimate of drug-likeness (QED) is 0.0662. The maximum absolute atomic E-state index is 12.4. The van der Waals surface area contributed by atoms with E-state index in [1.165, 1.54) is 51.4 Å². The molecule has 1 amide bonds. The molecule has 238 valence electrons. The van der Waals surface area contributed by atoms with Crippen molar-refractivity contribution in [2.75, 3.05) is 6.61 Å². The lowest BCUT2D eigenvalue weighted by atomic mass is 9.89. The molecule has 7 nitrogen and oxygen atoms in total. The monoisotopic (exact) mass is 579 g/mol. The summed E-state index contributed by atoms with van der Waals surface area (Å²) in [6, 6.07) is -0.764. The van der Waals surface area contributed by atoms with Gasteiger partial charge in [-0.05, 0) is 31.6 Å². The third-order valence-electron chi connectivity index (χ3n) is 8.22. The Morgan fingerprint density at radius 3 is 2.12 bits per heavy atom. The van der Waals surface area contributed by atoms with Gasteiger partial charge in [-0.25, -0.2) is 0 Å². The van der Waals surface area contributed by atoms with Gasteiger partial charge in [0.25, 0.3) is 0 Å². The zero-order valence-corrected chi connectivity index (χ0v) is 25.9. The number of amides is 1. The summed E-state index contributed by atoms with van der Waals surface area (Å²) >= 11 is 0. The first-order valence-electron chi connectivity index (χ1n) is 16.5. The molecule has 0 aromatic carbocycles. The van der Waals surface area contributed by atoms with Gasteiger partial charge in [0.05, 0.1) is 37.1 Å². The minimum atomic E-state index is -0.952. The molecule has 6 N–H and O–H groups in total. The molecule has 0 aliphatic heterocycles. The number of nitrogens with one attached hydrogen (secondary N) is 1. The number of rotatable bonds is 24. The molecule has 0 saturated heterocycles. The molecular formula is C34H61NO6. The molecule has 0 bridgehead atoms. The fourth-order valence-corrected chi connectivity index (χ4v) is 5.55. The lowest BCUT2D eigenvalue weighted by Crippen LogP contribution is -2.44. The van der Waals surface area contributed by atoms with Crippen LogP contribution in [-0.2, 0) is 4.79 Å². The molecule has 0 aromatic heterocycles. The number of carbonyl (C=O) groups is 1. The van der Waals surface area contributed by atoms with Gasteiger partial charge >= 0.3 is 0 Å².